The molecule has 0 radical (unpaired) electrons. The molecule has 2 heterocycles. The van der Waals surface area contributed by atoms with Gasteiger partial charge >= 0.3 is 0 Å². The Morgan fingerprint density at radius 2 is 2.14 bits per heavy atom. The first-order valence-electron chi connectivity index (χ1n) is 7.47. The van der Waals surface area contributed by atoms with Gasteiger partial charge in [0.2, 0.25) is 0 Å². The van der Waals surface area contributed by atoms with Crippen LogP contribution >= 0.6 is 0 Å². The van der Waals surface area contributed by atoms with Gasteiger partial charge in [0, 0.05) is 29.1 Å². The van der Waals surface area contributed by atoms with Gasteiger partial charge in [0.25, 0.3) is 0 Å². The summed E-state index contributed by atoms with van der Waals surface area (Å²) in [6.07, 6.45) is 3.06. The maximum absolute atomic E-state index is 9.36. The van der Waals surface area contributed by atoms with E-state index in [1.54, 1.807) is 12.3 Å². The van der Waals surface area contributed by atoms with Crippen LogP contribution in [0.3, 0.4) is 0 Å². The Hall–Kier alpha value is -2.39. The molecule has 3 rings (SSSR count). The highest BCUT2D eigenvalue weighted by atomic mass is 16.3. The topological polar surface area (TPSA) is 93.9 Å². The maximum atomic E-state index is 9.36. The third kappa shape index (κ3) is 2.95. The number of fused-ring (bicyclic) bond motifs is 1. The number of aromatic nitrogens is 2. The highest BCUT2D eigenvalue weighted by Crippen LogP contribution is 2.28. The zero-order valence-electron chi connectivity index (χ0n) is 12.7. The van der Waals surface area contributed by atoms with Crippen molar-refractivity contribution in [1.82, 2.24) is 9.97 Å². The minimum absolute atomic E-state index is 0.198. The molecule has 0 atom stereocenters. The van der Waals surface area contributed by atoms with E-state index < -0.39 is 0 Å². The Balaban J connectivity index is 1.96. The van der Waals surface area contributed by atoms with Gasteiger partial charge in [0.15, 0.2) is 0 Å². The monoisotopic (exact) mass is 297 g/mol. The van der Waals surface area contributed by atoms with Crippen LogP contribution in [0.1, 0.15) is 32.4 Å². The summed E-state index contributed by atoms with van der Waals surface area (Å²) in [5.74, 6) is 1.46. The number of hydrogen-bond donors (Lipinski definition) is 3. The Labute approximate surface area is 129 Å². The Morgan fingerprint density at radius 3 is 2.77 bits per heavy atom. The Bertz CT molecular complexity index is 731. The van der Waals surface area contributed by atoms with Crippen molar-refractivity contribution in [2.24, 2.45) is 0 Å². The first-order chi connectivity index (χ1) is 10.5. The van der Waals surface area contributed by atoms with Crippen LogP contribution in [-0.2, 0) is 0 Å². The predicted octanol–water partition coefficient (Wildman–Crippen LogP) is 2.26. The average Bonchev–Trinajstić information content (AvgIpc) is 2.45. The van der Waals surface area contributed by atoms with Crippen molar-refractivity contribution in [3.63, 3.8) is 0 Å². The van der Waals surface area contributed by atoms with Crippen LogP contribution in [0.25, 0.3) is 10.8 Å². The molecule has 2 aromatic rings. The summed E-state index contributed by atoms with van der Waals surface area (Å²) in [6, 6.07) is 6.25. The van der Waals surface area contributed by atoms with Crippen LogP contribution in [0.4, 0.5) is 11.6 Å². The molecule has 6 heteroatoms. The zero-order chi connectivity index (χ0) is 15.7. The van der Waals surface area contributed by atoms with E-state index in [0.717, 1.165) is 29.4 Å². The number of rotatable bonds is 4. The molecular weight excluding hydrogens is 278 g/mol. The molecular formula is C16H19N5O. The highest BCUT2D eigenvalue weighted by molar-refractivity contribution is 5.93. The van der Waals surface area contributed by atoms with E-state index in [9.17, 15) is 5.11 Å². The molecule has 0 aromatic carbocycles. The third-order valence-corrected chi connectivity index (χ3v) is 3.72. The van der Waals surface area contributed by atoms with E-state index in [0.29, 0.717) is 11.5 Å². The number of aliphatic hydroxyl groups excluding tert-OH is 1. The minimum Gasteiger partial charge on any atom is -0.393 e. The summed E-state index contributed by atoms with van der Waals surface area (Å²) >= 11 is 0. The maximum Gasteiger partial charge on any atom is 0.143 e. The summed E-state index contributed by atoms with van der Waals surface area (Å²) < 4.78 is 0. The van der Waals surface area contributed by atoms with E-state index in [-0.39, 0.29) is 18.2 Å². The normalized spacial score (nSPS) is 20.5. The van der Waals surface area contributed by atoms with Crippen molar-refractivity contribution in [2.45, 2.75) is 44.9 Å². The van der Waals surface area contributed by atoms with Gasteiger partial charge in [-0.3, -0.25) is 0 Å². The summed E-state index contributed by atoms with van der Waals surface area (Å²) in [5, 5.41) is 26.9. The molecule has 2 aromatic heterocycles. The second kappa shape index (κ2) is 5.78. The van der Waals surface area contributed by atoms with Crippen LogP contribution in [0.2, 0.25) is 0 Å². The molecule has 0 saturated heterocycles. The first kappa shape index (κ1) is 14.5. The number of anilines is 2. The molecule has 1 fully saturated rings. The first-order valence-corrected chi connectivity index (χ1v) is 7.47. The average molecular weight is 297 g/mol. The van der Waals surface area contributed by atoms with E-state index >= 15 is 0 Å². The van der Waals surface area contributed by atoms with E-state index in [2.05, 4.69) is 26.7 Å². The standard InChI is InChI=1S/C16H19N5O/c1-9(2)19-16-14-6-15(20-11-4-13(22)5-11)18-8-10(14)3-12(7-17)21-16/h3,6,8-9,11,13,22H,4-5H2,1-2H3,(H,18,20)(H,19,21)/t11-,13-. The molecule has 0 unspecified atom stereocenters. The molecule has 3 N–H and O–H groups in total. The number of nitrogens with one attached hydrogen (secondary N) is 2. The lowest BCUT2D eigenvalue weighted by Crippen LogP contribution is -2.39. The lowest BCUT2D eigenvalue weighted by Gasteiger charge is -2.32. The van der Waals surface area contributed by atoms with Crippen LogP contribution in [0, 0.1) is 11.3 Å². The SMILES string of the molecule is CC(C)Nc1nc(C#N)cc2cnc(N[C@H]3C[C@H](O)C3)cc12. The van der Waals surface area contributed by atoms with E-state index in [1.165, 1.54) is 0 Å². The van der Waals surface area contributed by atoms with Gasteiger partial charge in [0.05, 0.1) is 6.10 Å². The summed E-state index contributed by atoms with van der Waals surface area (Å²) in [5.41, 5.74) is 0.375. The highest BCUT2D eigenvalue weighted by Gasteiger charge is 2.27. The summed E-state index contributed by atoms with van der Waals surface area (Å²) in [4.78, 5) is 8.75. The summed E-state index contributed by atoms with van der Waals surface area (Å²) in [6.45, 7) is 4.06. The van der Waals surface area contributed by atoms with Crippen molar-refractivity contribution < 1.29 is 5.11 Å². The van der Waals surface area contributed by atoms with Gasteiger partial charge in [-0.25, -0.2) is 9.97 Å². The lowest BCUT2D eigenvalue weighted by molar-refractivity contribution is 0.0835. The number of aliphatic hydroxyl groups is 1. The molecule has 1 saturated carbocycles. The lowest BCUT2D eigenvalue weighted by atomic mass is 9.89. The molecule has 0 aliphatic heterocycles. The fourth-order valence-corrected chi connectivity index (χ4v) is 2.58. The Morgan fingerprint density at radius 1 is 1.36 bits per heavy atom. The number of nitrogens with zero attached hydrogens (tertiary/aromatic N) is 3. The Kier molecular flexibility index (Phi) is 3.82. The zero-order valence-corrected chi connectivity index (χ0v) is 12.7. The van der Waals surface area contributed by atoms with Crippen LogP contribution in [0.15, 0.2) is 18.3 Å². The minimum atomic E-state index is -0.198. The second-order valence-corrected chi connectivity index (χ2v) is 6.02. The molecule has 1 aliphatic rings. The fraction of sp³-hybridized carbons (Fsp3) is 0.438. The van der Waals surface area contributed by atoms with Gasteiger partial charge in [-0.2, -0.15) is 5.26 Å². The van der Waals surface area contributed by atoms with E-state index in [1.807, 2.05) is 19.9 Å². The van der Waals surface area contributed by atoms with Gasteiger partial charge in [0.1, 0.15) is 23.4 Å². The molecule has 0 bridgehead atoms. The largest absolute Gasteiger partial charge is 0.393 e. The van der Waals surface area contributed by atoms with Crippen LogP contribution in [-0.4, -0.2) is 33.3 Å². The van der Waals surface area contributed by atoms with Crippen molar-refractivity contribution in [3.8, 4) is 6.07 Å². The van der Waals surface area contributed by atoms with Gasteiger partial charge in [-0.05, 0) is 38.8 Å². The summed E-state index contributed by atoms with van der Waals surface area (Å²) in [7, 11) is 0. The van der Waals surface area contributed by atoms with Crippen LogP contribution in [0.5, 0.6) is 0 Å². The molecule has 0 amide bonds. The number of pyridine rings is 2. The third-order valence-electron chi connectivity index (χ3n) is 3.72. The molecule has 1 aliphatic carbocycles. The van der Waals surface area contributed by atoms with Crippen molar-refractivity contribution in [3.05, 3.63) is 24.0 Å². The van der Waals surface area contributed by atoms with Gasteiger partial charge in [-0.15, -0.1) is 0 Å². The second-order valence-electron chi connectivity index (χ2n) is 6.02. The van der Waals surface area contributed by atoms with Gasteiger partial charge in [-0.1, -0.05) is 0 Å². The number of hydrogen-bond acceptors (Lipinski definition) is 6. The van der Waals surface area contributed by atoms with E-state index in [4.69, 9.17) is 5.26 Å². The van der Waals surface area contributed by atoms with Crippen molar-refractivity contribution >= 4 is 22.4 Å². The van der Waals surface area contributed by atoms with Gasteiger partial charge < -0.3 is 15.7 Å². The molecule has 0 spiro atoms. The quantitative estimate of drug-likeness (QED) is 0.801. The molecule has 114 valence electrons. The number of nitriles is 1. The molecule has 22 heavy (non-hydrogen) atoms. The smallest absolute Gasteiger partial charge is 0.143 e. The van der Waals surface area contributed by atoms with Crippen LogP contribution < -0.4 is 10.6 Å². The fourth-order valence-electron chi connectivity index (χ4n) is 2.58. The predicted molar refractivity (Wildman–Crippen MR) is 85.7 cm³/mol. The van der Waals surface area contributed by atoms with Crippen molar-refractivity contribution in [2.75, 3.05) is 10.6 Å². The molecule has 6 nitrogen and oxygen atoms in total. The van der Waals surface area contributed by atoms with Crippen molar-refractivity contribution in [1.29, 1.82) is 5.26 Å².